The summed E-state index contributed by atoms with van der Waals surface area (Å²) in [4.78, 5) is 25.5. The van der Waals surface area contributed by atoms with E-state index in [1.807, 2.05) is 0 Å². The zero-order valence-electron chi connectivity index (χ0n) is 12.2. The second-order valence-corrected chi connectivity index (χ2v) is 5.32. The van der Waals surface area contributed by atoms with E-state index < -0.39 is 29.9 Å². The Kier molecular flexibility index (Phi) is 4.43. The van der Waals surface area contributed by atoms with Gasteiger partial charge in [0.1, 0.15) is 12.1 Å². The molecule has 0 aromatic carbocycles. The van der Waals surface area contributed by atoms with Gasteiger partial charge in [0.05, 0.1) is 0 Å². The first-order valence-corrected chi connectivity index (χ1v) is 6.88. The number of likely N-dealkylation sites (tertiary alicyclic amines) is 1. The van der Waals surface area contributed by atoms with Crippen molar-refractivity contribution in [3.05, 3.63) is 18.0 Å². The van der Waals surface area contributed by atoms with Crippen LogP contribution in [-0.2, 0) is 15.8 Å². The van der Waals surface area contributed by atoms with Gasteiger partial charge >= 0.3 is 6.18 Å². The number of halogens is 3. The van der Waals surface area contributed by atoms with Crippen LogP contribution in [0, 0.1) is 0 Å². The Hall–Kier alpha value is -2.06. The fraction of sp³-hybridized carbons (Fsp3) is 0.615. The Morgan fingerprint density at radius 1 is 1.50 bits per heavy atom. The highest BCUT2D eigenvalue weighted by atomic mass is 19.4. The van der Waals surface area contributed by atoms with Crippen LogP contribution in [0.1, 0.15) is 31.5 Å². The van der Waals surface area contributed by atoms with Gasteiger partial charge < -0.3 is 10.2 Å². The van der Waals surface area contributed by atoms with Gasteiger partial charge in [-0.1, -0.05) is 0 Å². The van der Waals surface area contributed by atoms with E-state index in [1.54, 1.807) is 7.05 Å². The van der Waals surface area contributed by atoms with E-state index in [9.17, 15) is 22.8 Å². The SMILES string of the molecule is CC(C(=O)NC1CCCN(C)C1=O)n1ccc(C(F)(F)F)n1. The molecule has 2 heterocycles. The first-order chi connectivity index (χ1) is 10.2. The fourth-order valence-electron chi connectivity index (χ4n) is 2.28. The summed E-state index contributed by atoms with van der Waals surface area (Å²) in [6.07, 6.45) is -2.17. The summed E-state index contributed by atoms with van der Waals surface area (Å²) in [5.41, 5.74) is -1.05. The monoisotopic (exact) mass is 318 g/mol. The standard InChI is InChI=1S/C13H17F3N4O2/c1-8(20-7-5-10(18-20)13(14,15)16)11(21)17-9-4-3-6-19(2)12(9)22/h5,7-9H,3-4,6H2,1-2H3,(H,17,21). The molecule has 0 spiro atoms. The largest absolute Gasteiger partial charge is 0.435 e. The maximum Gasteiger partial charge on any atom is 0.435 e. The lowest BCUT2D eigenvalue weighted by Crippen LogP contribution is -2.52. The van der Waals surface area contributed by atoms with Gasteiger partial charge in [-0.05, 0) is 25.8 Å². The molecule has 122 valence electrons. The lowest BCUT2D eigenvalue weighted by atomic mass is 10.1. The second-order valence-electron chi connectivity index (χ2n) is 5.32. The summed E-state index contributed by atoms with van der Waals surface area (Å²) in [7, 11) is 1.65. The fourth-order valence-corrected chi connectivity index (χ4v) is 2.28. The van der Waals surface area contributed by atoms with Gasteiger partial charge in [-0.25, -0.2) is 0 Å². The van der Waals surface area contributed by atoms with Crippen molar-refractivity contribution in [3.8, 4) is 0 Å². The maximum atomic E-state index is 12.5. The van der Waals surface area contributed by atoms with Crippen molar-refractivity contribution in [1.82, 2.24) is 20.0 Å². The molecule has 1 N–H and O–H groups in total. The summed E-state index contributed by atoms with van der Waals surface area (Å²) >= 11 is 0. The number of alkyl halides is 3. The topological polar surface area (TPSA) is 67.2 Å². The molecule has 6 nitrogen and oxygen atoms in total. The van der Waals surface area contributed by atoms with Crippen molar-refractivity contribution in [2.24, 2.45) is 0 Å². The average molecular weight is 318 g/mol. The van der Waals surface area contributed by atoms with E-state index in [1.165, 1.54) is 11.8 Å². The normalized spacial score (nSPS) is 20.9. The number of amides is 2. The van der Waals surface area contributed by atoms with Crippen molar-refractivity contribution in [2.75, 3.05) is 13.6 Å². The molecule has 0 bridgehead atoms. The van der Waals surface area contributed by atoms with E-state index in [0.717, 1.165) is 23.4 Å². The van der Waals surface area contributed by atoms with Crippen molar-refractivity contribution in [2.45, 2.75) is 38.0 Å². The van der Waals surface area contributed by atoms with E-state index in [2.05, 4.69) is 10.4 Å². The van der Waals surface area contributed by atoms with Crippen LogP contribution in [0.5, 0.6) is 0 Å². The number of carbonyl (C=O) groups excluding carboxylic acids is 2. The van der Waals surface area contributed by atoms with Crippen LogP contribution in [-0.4, -0.2) is 46.1 Å². The van der Waals surface area contributed by atoms with Crippen LogP contribution in [0.4, 0.5) is 13.2 Å². The molecule has 1 aromatic heterocycles. The molecular weight excluding hydrogens is 301 g/mol. The molecular formula is C13H17F3N4O2. The average Bonchev–Trinajstić information content (AvgIpc) is 2.92. The van der Waals surface area contributed by atoms with Crippen LogP contribution in [0.2, 0.25) is 0 Å². The van der Waals surface area contributed by atoms with Crippen LogP contribution in [0.15, 0.2) is 12.3 Å². The number of carbonyl (C=O) groups is 2. The van der Waals surface area contributed by atoms with E-state index in [4.69, 9.17) is 0 Å². The lowest BCUT2D eigenvalue weighted by Gasteiger charge is -2.30. The van der Waals surface area contributed by atoms with Crippen molar-refractivity contribution in [1.29, 1.82) is 0 Å². The Morgan fingerprint density at radius 3 is 2.77 bits per heavy atom. The number of likely N-dealkylation sites (N-methyl/N-ethyl adjacent to an activating group) is 1. The van der Waals surface area contributed by atoms with Crippen molar-refractivity contribution >= 4 is 11.8 Å². The molecule has 0 saturated carbocycles. The molecule has 1 fully saturated rings. The predicted molar refractivity (Wildman–Crippen MR) is 70.7 cm³/mol. The number of aromatic nitrogens is 2. The highest BCUT2D eigenvalue weighted by Gasteiger charge is 2.35. The Labute approximate surface area is 125 Å². The molecule has 22 heavy (non-hydrogen) atoms. The second kappa shape index (κ2) is 5.98. The van der Waals surface area contributed by atoms with Gasteiger partial charge in [0, 0.05) is 19.8 Å². The van der Waals surface area contributed by atoms with Crippen LogP contribution in [0.3, 0.4) is 0 Å². The van der Waals surface area contributed by atoms with Gasteiger partial charge in [-0.3, -0.25) is 14.3 Å². The number of nitrogens with zero attached hydrogens (tertiary/aromatic N) is 3. The van der Waals surface area contributed by atoms with Gasteiger partial charge in [0.25, 0.3) is 0 Å². The molecule has 1 aromatic rings. The number of hydrogen-bond acceptors (Lipinski definition) is 3. The zero-order valence-corrected chi connectivity index (χ0v) is 12.2. The summed E-state index contributed by atoms with van der Waals surface area (Å²) in [5, 5.41) is 5.94. The minimum Gasteiger partial charge on any atom is -0.344 e. The zero-order chi connectivity index (χ0) is 16.5. The molecule has 2 amide bonds. The van der Waals surface area contributed by atoms with Gasteiger partial charge in [-0.2, -0.15) is 18.3 Å². The van der Waals surface area contributed by atoms with Gasteiger partial charge in [0.15, 0.2) is 5.69 Å². The first-order valence-electron chi connectivity index (χ1n) is 6.88. The minimum atomic E-state index is -4.55. The number of rotatable bonds is 3. The number of hydrogen-bond donors (Lipinski definition) is 1. The van der Waals surface area contributed by atoms with Gasteiger partial charge in [-0.15, -0.1) is 0 Å². The van der Waals surface area contributed by atoms with Crippen LogP contribution in [0.25, 0.3) is 0 Å². The third-order valence-electron chi connectivity index (χ3n) is 3.65. The van der Waals surface area contributed by atoms with E-state index in [0.29, 0.717) is 13.0 Å². The van der Waals surface area contributed by atoms with Crippen LogP contribution >= 0.6 is 0 Å². The molecule has 1 aliphatic heterocycles. The molecule has 1 saturated heterocycles. The number of nitrogens with one attached hydrogen (secondary N) is 1. The van der Waals surface area contributed by atoms with Crippen LogP contribution < -0.4 is 5.32 Å². The Bertz CT molecular complexity index is 570. The van der Waals surface area contributed by atoms with Crippen molar-refractivity contribution < 1.29 is 22.8 Å². The maximum absolute atomic E-state index is 12.5. The highest BCUT2D eigenvalue weighted by Crippen LogP contribution is 2.27. The molecule has 2 rings (SSSR count). The van der Waals surface area contributed by atoms with Crippen molar-refractivity contribution in [3.63, 3.8) is 0 Å². The highest BCUT2D eigenvalue weighted by molar-refractivity contribution is 5.89. The summed E-state index contributed by atoms with van der Waals surface area (Å²) in [5.74, 6) is -0.728. The predicted octanol–water partition coefficient (Wildman–Crippen LogP) is 1.20. The molecule has 9 heteroatoms. The smallest absolute Gasteiger partial charge is 0.344 e. The van der Waals surface area contributed by atoms with Gasteiger partial charge in [0.2, 0.25) is 11.8 Å². The van der Waals surface area contributed by atoms with E-state index >= 15 is 0 Å². The molecule has 0 aliphatic carbocycles. The quantitative estimate of drug-likeness (QED) is 0.910. The molecule has 2 unspecified atom stereocenters. The summed E-state index contributed by atoms with van der Waals surface area (Å²) < 4.78 is 38.5. The lowest BCUT2D eigenvalue weighted by molar-refractivity contribution is -0.142. The first kappa shape index (κ1) is 16.3. The molecule has 2 atom stereocenters. The Morgan fingerprint density at radius 2 is 2.18 bits per heavy atom. The Balaban J connectivity index is 2.03. The summed E-state index contributed by atoms with van der Waals surface area (Å²) in [6.45, 7) is 2.06. The molecule has 0 radical (unpaired) electrons. The molecule has 1 aliphatic rings. The summed E-state index contributed by atoms with van der Waals surface area (Å²) in [6, 6.07) is -0.758. The van der Waals surface area contributed by atoms with E-state index in [-0.39, 0.29) is 5.91 Å². The third kappa shape index (κ3) is 3.40. The number of piperidine rings is 1. The minimum absolute atomic E-state index is 0.191. The third-order valence-corrected chi connectivity index (χ3v) is 3.65.